The van der Waals surface area contributed by atoms with Gasteiger partial charge in [0, 0.05) is 0 Å². The molecule has 0 aromatic carbocycles. The maximum atomic E-state index is 10.1. The lowest BCUT2D eigenvalue weighted by Crippen LogP contribution is -2.50. The van der Waals surface area contributed by atoms with E-state index >= 15 is 0 Å². The SMILES string of the molecule is C[C@H](CCCC(C)(C)O)C1CCC2C3CC=C4CC(OSO)CCC4(C)C3CCC21C. The highest BCUT2D eigenvalue weighted by Crippen LogP contribution is 2.67. The minimum atomic E-state index is -0.526. The van der Waals surface area contributed by atoms with E-state index in [-0.39, 0.29) is 6.10 Å². The Labute approximate surface area is 195 Å². The molecule has 31 heavy (non-hydrogen) atoms. The summed E-state index contributed by atoms with van der Waals surface area (Å²) in [6.07, 6.45) is 16.3. The molecule has 0 aromatic heterocycles. The van der Waals surface area contributed by atoms with Gasteiger partial charge in [-0.3, -0.25) is 4.18 Å². The van der Waals surface area contributed by atoms with Gasteiger partial charge in [-0.15, -0.1) is 0 Å². The van der Waals surface area contributed by atoms with Crippen LogP contribution in [-0.2, 0) is 4.18 Å². The molecule has 0 bridgehead atoms. The van der Waals surface area contributed by atoms with Gasteiger partial charge in [0.15, 0.2) is 12.3 Å². The van der Waals surface area contributed by atoms with E-state index < -0.39 is 5.60 Å². The number of aliphatic hydroxyl groups is 1. The van der Waals surface area contributed by atoms with Gasteiger partial charge in [0.1, 0.15) is 0 Å². The first-order chi connectivity index (χ1) is 14.6. The van der Waals surface area contributed by atoms with Crippen molar-refractivity contribution in [1.82, 2.24) is 0 Å². The summed E-state index contributed by atoms with van der Waals surface area (Å²) in [7, 11) is 0. The molecule has 0 amide bonds. The maximum Gasteiger partial charge on any atom is 0.155 e. The molecule has 0 radical (unpaired) electrons. The molecule has 178 valence electrons. The molecular formula is C27H46O3S. The lowest BCUT2D eigenvalue weighted by atomic mass is 9.47. The highest BCUT2D eigenvalue weighted by Gasteiger charge is 2.59. The molecule has 8 atom stereocenters. The van der Waals surface area contributed by atoms with E-state index in [9.17, 15) is 5.11 Å². The molecule has 0 spiro atoms. The van der Waals surface area contributed by atoms with Gasteiger partial charge in [-0.05, 0) is 112 Å². The Hall–Kier alpha value is -0.0300. The van der Waals surface area contributed by atoms with Crippen molar-refractivity contribution in [3.05, 3.63) is 11.6 Å². The predicted molar refractivity (Wildman–Crippen MR) is 130 cm³/mol. The molecule has 2 N–H and O–H groups in total. The first-order valence-electron chi connectivity index (χ1n) is 13.0. The van der Waals surface area contributed by atoms with Gasteiger partial charge in [0.25, 0.3) is 0 Å². The first kappa shape index (κ1) is 24.1. The summed E-state index contributed by atoms with van der Waals surface area (Å²) >= 11 is 0.550. The van der Waals surface area contributed by atoms with Crippen molar-refractivity contribution in [2.45, 2.75) is 117 Å². The topological polar surface area (TPSA) is 49.7 Å². The Bertz CT molecular complexity index is 670. The zero-order valence-electron chi connectivity index (χ0n) is 20.5. The Morgan fingerprint density at radius 2 is 1.94 bits per heavy atom. The van der Waals surface area contributed by atoms with Gasteiger partial charge in [-0.25, -0.2) is 0 Å². The highest BCUT2D eigenvalue weighted by atomic mass is 32.2. The fourth-order valence-electron chi connectivity index (χ4n) is 8.80. The van der Waals surface area contributed by atoms with Crippen molar-refractivity contribution in [1.29, 1.82) is 0 Å². The van der Waals surface area contributed by atoms with Gasteiger partial charge >= 0.3 is 0 Å². The average molecular weight is 451 g/mol. The van der Waals surface area contributed by atoms with Crippen molar-refractivity contribution in [2.75, 3.05) is 0 Å². The van der Waals surface area contributed by atoms with Crippen LogP contribution in [-0.4, -0.2) is 21.4 Å². The molecule has 0 saturated heterocycles. The Morgan fingerprint density at radius 1 is 1.16 bits per heavy atom. The second kappa shape index (κ2) is 8.96. The van der Waals surface area contributed by atoms with Gasteiger partial charge < -0.3 is 9.66 Å². The van der Waals surface area contributed by atoms with Crippen LogP contribution in [0, 0.1) is 40.4 Å². The molecule has 0 heterocycles. The maximum absolute atomic E-state index is 10.1. The minimum absolute atomic E-state index is 0.181. The fraction of sp³-hybridized carbons (Fsp3) is 0.926. The van der Waals surface area contributed by atoms with Gasteiger partial charge in [0.05, 0.1) is 11.7 Å². The summed E-state index contributed by atoms with van der Waals surface area (Å²) in [5, 5.41) is 10.1. The minimum Gasteiger partial charge on any atom is -0.390 e. The van der Waals surface area contributed by atoms with Crippen molar-refractivity contribution < 1.29 is 13.8 Å². The largest absolute Gasteiger partial charge is 0.390 e. The first-order valence-corrected chi connectivity index (χ1v) is 13.7. The van der Waals surface area contributed by atoms with E-state index in [0.717, 1.165) is 55.3 Å². The van der Waals surface area contributed by atoms with Crippen LogP contribution in [0.5, 0.6) is 0 Å². The van der Waals surface area contributed by atoms with Crippen molar-refractivity contribution in [2.24, 2.45) is 40.4 Å². The molecule has 3 fully saturated rings. The Balaban J connectivity index is 1.45. The average Bonchev–Trinajstić information content (AvgIpc) is 3.05. The zero-order valence-corrected chi connectivity index (χ0v) is 21.3. The molecule has 4 heteroatoms. The summed E-state index contributed by atoms with van der Waals surface area (Å²) in [5.74, 6) is 4.18. The third-order valence-electron chi connectivity index (χ3n) is 10.4. The summed E-state index contributed by atoms with van der Waals surface area (Å²) in [6, 6.07) is 0. The molecule has 3 saturated carbocycles. The van der Waals surface area contributed by atoms with E-state index in [1.165, 1.54) is 44.9 Å². The zero-order chi connectivity index (χ0) is 22.4. The molecule has 7 unspecified atom stereocenters. The summed E-state index contributed by atoms with van der Waals surface area (Å²) in [4.78, 5) is 0. The third kappa shape index (κ3) is 4.53. The van der Waals surface area contributed by atoms with Gasteiger partial charge in [-0.1, -0.05) is 45.3 Å². The summed E-state index contributed by atoms with van der Waals surface area (Å²) in [5.41, 5.74) is 1.95. The normalized spacial score (nSPS) is 43.6. The van der Waals surface area contributed by atoms with Crippen LogP contribution in [0.3, 0.4) is 0 Å². The number of allylic oxidation sites excluding steroid dienone is 1. The molecule has 0 aromatic rings. The number of fused-ring (bicyclic) bond motifs is 5. The van der Waals surface area contributed by atoms with Gasteiger partial charge in [0.2, 0.25) is 0 Å². The van der Waals surface area contributed by atoms with E-state index in [1.54, 1.807) is 5.57 Å². The lowest BCUT2D eigenvalue weighted by Gasteiger charge is -2.58. The molecule has 4 aliphatic rings. The van der Waals surface area contributed by atoms with E-state index in [0.29, 0.717) is 23.2 Å². The predicted octanol–water partition coefficient (Wildman–Crippen LogP) is 7.65. The quantitative estimate of drug-likeness (QED) is 0.309. The van der Waals surface area contributed by atoms with E-state index in [1.807, 2.05) is 13.8 Å². The van der Waals surface area contributed by atoms with Crippen LogP contribution in [0.1, 0.15) is 105 Å². The van der Waals surface area contributed by atoms with Crippen molar-refractivity contribution in [3.63, 3.8) is 0 Å². The lowest BCUT2D eigenvalue weighted by molar-refractivity contribution is -0.0556. The second-order valence-corrected chi connectivity index (χ2v) is 13.0. The molecule has 4 aliphatic carbocycles. The van der Waals surface area contributed by atoms with E-state index in [2.05, 4.69) is 26.8 Å². The molecule has 0 aliphatic heterocycles. The van der Waals surface area contributed by atoms with Crippen molar-refractivity contribution >= 4 is 12.3 Å². The van der Waals surface area contributed by atoms with Crippen molar-refractivity contribution in [3.8, 4) is 0 Å². The van der Waals surface area contributed by atoms with Crippen LogP contribution in [0.15, 0.2) is 11.6 Å². The van der Waals surface area contributed by atoms with Crippen LogP contribution in [0.2, 0.25) is 0 Å². The Morgan fingerprint density at radius 3 is 2.65 bits per heavy atom. The van der Waals surface area contributed by atoms with Gasteiger partial charge in [-0.2, -0.15) is 0 Å². The Kier molecular flexibility index (Phi) is 6.97. The summed E-state index contributed by atoms with van der Waals surface area (Å²) < 4.78 is 14.6. The molecule has 4 rings (SSSR count). The van der Waals surface area contributed by atoms with Crippen LogP contribution in [0.25, 0.3) is 0 Å². The third-order valence-corrected chi connectivity index (χ3v) is 10.8. The molecular weight excluding hydrogens is 404 g/mol. The standard InChI is InChI=1S/C27H46O3S/c1-18(7-6-14-25(2,3)28)22-10-11-23-21-9-8-19-17-20(30-31-29)12-15-26(19,4)24(21)13-16-27(22,23)5/h8,18,20-24,28-29H,6-7,9-17H2,1-5H3/t18-,20?,21?,22?,23?,24?,26?,27?/m1/s1. The van der Waals surface area contributed by atoms with Crippen LogP contribution >= 0.6 is 12.3 Å². The van der Waals surface area contributed by atoms with Crippen LogP contribution in [0.4, 0.5) is 0 Å². The van der Waals surface area contributed by atoms with Crippen LogP contribution < -0.4 is 0 Å². The monoisotopic (exact) mass is 450 g/mol. The van der Waals surface area contributed by atoms with E-state index in [4.69, 9.17) is 8.74 Å². The smallest absolute Gasteiger partial charge is 0.155 e. The second-order valence-electron chi connectivity index (χ2n) is 12.7. The molecule has 3 nitrogen and oxygen atoms in total. The number of rotatable bonds is 7. The number of hydrogen-bond acceptors (Lipinski definition) is 4. The summed E-state index contributed by atoms with van der Waals surface area (Å²) in [6.45, 7) is 11.6. The fourth-order valence-corrected chi connectivity index (χ4v) is 9.09. The highest BCUT2D eigenvalue weighted by molar-refractivity contribution is 7.88. The number of hydrogen-bond donors (Lipinski definition) is 2.